The number of aliphatic hydroxyl groups excluding tert-OH is 1. The fourth-order valence-electron chi connectivity index (χ4n) is 3.90. The third kappa shape index (κ3) is 5.18. The van der Waals surface area contributed by atoms with Crippen molar-refractivity contribution in [3.8, 4) is 5.75 Å². The first-order valence-electron chi connectivity index (χ1n) is 11.7. The summed E-state index contributed by atoms with van der Waals surface area (Å²) in [5.74, 6) is 0.747. The predicted octanol–water partition coefficient (Wildman–Crippen LogP) is 1.93. The number of hydrazone groups is 1. The monoisotopic (exact) mass is 521 g/mol. The molecule has 4 rings (SSSR count). The maximum Gasteiger partial charge on any atom is 0.332 e. The van der Waals surface area contributed by atoms with Crippen LogP contribution in [0.4, 0.5) is 11.6 Å². The second-order valence-corrected chi connectivity index (χ2v) is 8.77. The Morgan fingerprint density at radius 2 is 1.84 bits per heavy atom. The molecular formula is C25H27N7O6. The van der Waals surface area contributed by atoms with Crippen LogP contribution in [0.2, 0.25) is 0 Å². The Labute approximate surface area is 216 Å². The van der Waals surface area contributed by atoms with Gasteiger partial charge in [-0.3, -0.25) is 24.0 Å². The highest BCUT2D eigenvalue weighted by molar-refractivity contribution is 5.99. The van der Waals surface area contributed by atoms with Gasteiger partial charge in [0.2, 0.25) is 5.95 Å². The van der Waals surface area contributed by atoms with E-state index in [4.69, 9.17) is 4.74 Å². The molecule has 0 aliphatic carbocycles. The highest BCUT2D eigenvalue weighted by Gasteiger charge is 2.21. The average molecular weight is 522 g/mol. The predicted molar refractivity (Wildman–Crippen MR) is 142 cm³/mol. The standard InChI is InChI=1S/C25H27N7O6/c1-15-7-5-6-8-20(15)38-14-19(33)13-31-21-22(29(3)25(35)30(4)23(21)34)26-24(31)28-27-16(2)17-9-11-18(12-10-17)32(36)37/h5-12,19,33H,13-14H2,1-4H3,(H,26,28)/b27-16-. The zero-order valence-electron chi connectivity index (χ0n) is 21.3. The van der Waals surface area contributed by atoms with Crippen molar-refractivity contribution in [3.63, 3.8) is 0 Å². The van der Waals surface area contributed by atoms with Crippen LogP contribution >= 0.6 is 0 Å². The van der Waals surface area contributed by atoms with Gasteiger partial charge in [-0.05, 0) is 43.2 Å². The molecule has 0 radical (unpaired) electrons. The van der Waals surface area contributed by atoms with E-state index in [1.807, 2.05) is 25.1 Å². The van der Waals surface area contributed by atoms with E-state index in [1.54, 1.807) is 25.1 Å². The number of nitro groups is 1. The number of imidazole rings is 1. The molecule has 0 aliphatic heterocycles. The van der Waals surface area contributed by atoms with E-state index in [2.05, 4.69) is 15.5 Å². The molecule has 1 unspecified atom stereocenters. The van der Waals surface area contributed by atoms with Gasteiger partial charge in [0.25, 0.3) is 11.2 Å². The SMILES string of the molecule is C/C(=N/Nc1nc2c(c(=O)n(C)c(=O)n2C)n1CC(O)COc1ccccc1C)c1ccc([N+](=O)[O-])cc1. The summed E-state index contributed by atoms with van der Waals surface area (Å²) >= 11 is 0. The minimum absolute atomic E-state index is 0.0463. The van der Waals surface area contributed by atoms with E-state index in [-0.39, 0.29) is 36.0 Å². The molecule has 38 heavy (non-hydrogen) atoms. The van der Waals surface area contributed by atoms with Crippen molar-refractivity contribution < 1.29 is 14.8 Å². The molecule has 0 fully saturated rings. The molecule has 0 saturated carbocycles. The number of fused-ring (bicyclic) bond motifs is 1. The van der Waals surface area contributed by atoms with Crippen molar-refractivity contribution in [3.05, 3.63) is 90.6 Å². The van der Waals surface area contributed by atoms with Gasteiger partial charge in [0.05, 0.1) is 17.2 Å². The number of aliphatic hydroxyl groups is 1. The lowest BCUT2D eigenvalue weighted by molar-refractivity contribution is -0.384. The molecule has 4 aromatic rings. The number of hydrogen-bond donors (Lipinski definition) is 2. The zero-order valence-corrected chi connectivity index (χ0v) is 21.3. The summed E-state index contributed by atoms with van der Waals surface area (Å²) in [5, 5.41) is 26.0. The van der Waals surface area contributed by atoms with Crippen molar-refractivity contribution in [2.45, 2.75) is 26.5 Å². The quantitative estimate of drug-likeness (QED) is 0.192. The Hall–Kier alpha value is -4.78. The summed E-state index contributed by atoms with van der Waals surface area (Å²) in [6.45, 7) is 3.45. The van der Waals surface area contributed by atoms with Gasteiger partial charge in [-0.2, -0.15) is 10.1 Å². The Bertz CT molecular complexity index is 1650. The first kappa shape index (κ1) is 26.3. The van der Waals surface area contributed by atoms with Crippen LogP contribution in [-0.4, -0.2) is 47.1 Å². The van der Waals surface area contributed by atoms with Gasteiger partial charge in [-0.1, -0.05) is 18.2 Å². The van der Waals surface area contributed by atoms with Crippen LogP contribution in [-0.2, 0) is 20.6 Å². The van der Waals surface area contributed by atoms with E-state index >= 15 is 0 Å². The minimum Gasteiger partial charge on any atom is -0.491 e. The van der Waals surface area contributed by atoms with E-state index in [0.717, 1.165) is 10.1 Å². The normalized spacial score (nSPS) is 12.5. The van der Waals surface area contributed by atoms with E-state index in [1.165, 1.54) is 35.4 Å². The minimum atomic E-state index is -1.03. The topological polar surface area (TPSA) is 159 Å². The summed E-state index contributed by atoms with van der Waals surface area (Å²) in [6, 6.07) is 13.3. The van der Waals surface area contributed by atoms with Crippen LogP contribution in [0, 0.1) is 17.0 Å². The van der Waals surface area contributed by atoms with Crippen molar-refractivity contribution in [2.24, 2.45) is 19.2 Å². The van der Waals surface area contributed by atoms with Gasteiger partial charge in [-0.25, -0.2) is 10.2 Å². The van der Waals surface area contributed by atoms with Gasteiger partial charge >= 0.3 is 5.69 Å². The summed E-state index contributed by atoms with van der Waals surface area (Å²) in [4.78, 5) is 40.4. The lowest BCUT2D eigenvalue weighted by atomic mass is 10.1. The van der Waals surface area contributed by atoms with Crippen LogP contribution in [0.5, 0.6) is 5.75 Å². The molecule has 0 bridgehead atoms. The number of non-ortho nitro benzene ring substituents is 1. The number of ether oxygens (including phenoxy) is 1. The Morgan fingerprint density at radius 3 is 2.50 bits per heavy atom. The fraction of sp³-hybridized carbons (Fsp3) is 0.280. The molecule has 13 heteroatoms. The molecule has 2 heterocycles. The molecular weight excluding hydrogens is 494 g/mol. The van der Waals surface area contributed by atoms with Crippen molar-refractivity contribution in [1.82, 2.24) is 18.7 Å². The number of nitrogens with zero attached hydrogens (tertiary/aromatic N) is 6. The third-order valence-corrected chi connectivity index (χ3v) is 6.09. The first-order valence-corrected chi connectivity index (χ1v) is 11.7. The number of nitro benzene ring substituents is 1. The summed E-state index contributed by atoms with van der Waals surface area (Å²) < 4.78 is 9.42. The van der Waals surface area contributed by atoms with Gasteiger partial charge in [0, 0.05) is 26.2 Å². The number of para-hydroxylation sites is 1. The van der Waals surface area contributed by atoms with E-state index in [9.17, 15) is 24.8 Å². The van der Waals surface area contributed by atoms with Gasteiger partial charge in [0.1, 0.15) is 18.5 Å². The first-order chi connectivity index (χ1) is 18.1. The van der Waals surface area contributed by atoms with Crippen molar-refractivity contribution in [1.29, 1.82) is 0 Å². The molecule has 0 amide bonds. The Balaban J connectivity index is 1.68. The van der Waals surface area contributed by atoms with Crippen LogP contribution < -0.4 is 21.4 Å². The van der Waals surface area contributed by atoms with Crippen molar-refractivity contribution in [2.75, 3.05) is 12.0 Å². The smallest absolute Gasteiger partial charge is 0.332 e. The molecule has 2 N–H and O–H groups in total. The number of aromatic nitrogens is 4. The number of anilines is 1. The average Bonchev–Trinajstić information content (AvgIpc) is 3.26. The summed E-state index contributed by atoms with van der Waals surface area (Å²) in [6.07, 6.45) is -1.03. The third-order valence-electron chi connectivity index (χ3n) is 6.09. The van der Waals surface area contributed by atoms with Gasteiger partial charge in [-0.15, -0.1) is 0 Å². The largest absolute Gasteiger partial charge is 0.491 e. The fourth-order valence-corrected chi connectivity index (χ4v) is 3.90. The van der Waals surface area contributed by atoms with Crippen molar-refractivity contribution >= 4 is 28.5 Å². The summed E-state index contributed by atoms with van der Waals surface area (Å²) in [5.41, 5.74) is 3.89. The van der Waals surface area contributed by atoms with Crippen LogP contribution in [0.1, 0.15) is 18.1 Å². The number of benzene rings is 2. The molecule has 1 atom stereocenters. The molecule has 2 aromatic heterocycles. The van der Waals surface area contributed by atoms with Crippen LogP contribution in [0.25, 0.3) is 11.2 Å². The lowest BCUT2D eigenvalue weighted by Gasteiger charge is -2.16. The van der Waals surface area contributed by atoms with Gasteiger partial charge in [0.15, 0.2) is 11.2 Å². The molecule has 198 valence electrons. The second-order valence-electron chi connectivity index (χ2n) is 8.77. The highest BCUT2D eigenvalue weighted by atomic mass is 16.6. The number of aryl methyl sites for hydroxylation is 2. The van der Waals surface area contributed by atoms with E-state index < -0.39 is 22.3 Å². The zero-order chi connectivity index (χ0) is 27.6. The van der Waals surface area contributed by atoms with Crippen LogP contribution in [0.15, 0.2) is 63.2 Å². The molecule has 0 spiro atoms. The maximum absolute atomic E-state index is 13.0. The Morgan fingerprint density at radius 1 is 1.16 bits per heavy atom. The second kappa shape index (κ2) is 10.7. The number of nitrogens with one attached hydrogen (secondary N) is 1. The molecule has 2 aromatic carbocycles. The Kier molecular flexibility index (Phi) is 7.39. The maximum atomic E-state index is 13.0. The van der Waals surface area contributed by atoms with E-state index in [0.29, 0.717) is 17.0 Å². The lowest BCUT2D eigenvalue weighted by Crippen LogP contribution is -2.38. The summed E-state index contributed by atoms with van der Waals surface area (Å²) in [7, 11) is 2.86. The van der Waals surface area contributed by atoms with Gasteiger partial charge < -0.3 is 14.4 Å². The number of hydrogen-bond acceptors (Lipinski definition) is 9. The molecule has 0 saturated heterocycles. The highest BCUT2D eigenvalue weighted by Crippen LogP contribution is 2.19. The number of rotatable bonds is 9. The molecule has 0 aliphatic rings. The molecule has 13 nitrogen and oxygen atoms in total. The van der Waals surface area contributed by atoms with Crippen LogP contribution in [0.3, 0.4) is 0 Å².